The number of benzene rings is 3. The van der Waals surface area contributed by atoms with E-state index in [9.17, 15) is 22.8 Å². The molecule has 1 aliphatic heterocycles. The highest BCUT2D eigenvalue weighted by Gasteiger charge is 2.30. The molecule has 1 heterocycles. The predicted octanol–water partition coefficient (Wildman–Crippen LogP) is 7.87. The van der Waals surface area contributed by atoms with Crippen LogP contribution in [-0.2, 0) is 10.9 Å². The van der Waals surface area contributed by atoms with Crippen LogP contribution in [0.1, 0.15) is 49.8 Å². The number of hydrogen-bond donors (Lipinski definition) is 1. The number of alkyl halides is 3. The quantitative estimate of drug-likeness (QED) is 0.230. The minimum Gasteiger partial charge on any atom is -0.444 e. The third-order valence-corrected chi connectivity index (χ3v) is 7.73. The van der Waals surface area contributed by atoms with Crippen molar-refractivity contribution in [3.8, 4) is 0 Å². The van der Waals surface area contributed by atoms with E-state index in [2.05, 4.69) is 41.1 Å². The molecular weight excluding hydrogens is 593 g/mol. The van der Waals surface area contributed by atoms with Gasteiger partial charge in [0.15, 0.2) is 0 Å². The zero-order valence-electron chi connectivity index (χ0n) is 26.7. The zero-order valence-corrected chi connectivity index (χ0v) is 26.7. The number of halogens is 3. The van der Waals surface area contributed by atoms with E-state index in [-0.39, 0.29) is 24.2 Å². The number of anilines is 1. The largest absolute Gasteiger partial charge is 0.444 e. The average Bonchev–Trinajstić information content (AvgIpc) is 3.01. The molecule has 4 rings (SSSR count). The van der Waals surface area contributed by atoms with Gasteiger partial charge in [0.2, 0.25) is 0 Å². The maximum absolute atomic E-state index is 13.6. The normalized spacial score (nSPS) is 14.2. The molecule has 0 unspecified atom stereocenters. The van der Waals surface area contributed by atoms with Crippen LogP contribution in [0.2, 0.25) is 0 Å². The first-order valence-electron chi connectivity index (χ1n) is 15.5. The number of amides is 3. The first kappa shape index (κ1) is 34.6. The Hall–Kier alpha value is -4.31. The lowest BCUT2D eigenvalue weighted by molar-refractivity contribution is -0.137. The van der Waals surface area contributed by atoms with E-state index in [4.69, 9.17) is 4.74 Å². The van der Waals surface area contributed by atoms with Gasteiger partial charge in [0.25, 0.3) is 0 Å². The summed E-state index contributed by atoms with van der Waals surface area (Å²) in [5.74, 6) is 0.0259. The van der Waals surface area contributed by atoms with Gasteiger partial charge in [0.1, 0.15) is 5.60 Å². The molecule has 1 fully saturated rings. The van der Waals surface area contributed by atoms with Crippen molar-refractivity contribution in [2.24, 2.45) is 0 Å². The molecular formula is C36H43F3N4O3. The number of piperazine rings is 1. The fourth-order valence-electron chi connectivity index (χ4n) is 5.43. The molecule has 0 atom stereocenters. The molecule has 0 radical (unpaired) electrons. The number of carbonyl (C=O) groups excluding carboxylic acids is 2. The third kappa shape index (κ3) is 10.4. The van der Waals surface area contributed by atoms with Crippen LogP contribution in [0.5, 0.6) is 0 Å². The smallest absolute Gasteiger partial charge is 0.416 e. The van der Waals surface area contributed by atoms with Gasteiger partial charge in [-0.25, -0.2) is 9.59 Å². The first-order valence-corrected chi connectivity index (χ1v) is 15.5. The average molecular weight is 637 g/mol. The van der Waals surface area contributed by atoms with Crippen LogP contribution in [0, 0.1) is 0 Å². The Morgan fingerprint density at radius 2 is 1.41 bits per heavy atom. The minimum atomic E-state index is -4.46. The Kier molecular flexibility index (Phi) is 11.5. The van der Waals surface area contributed by atoms with Gasteiger partial charge in [-0.05, 0) is 68.2 Å². The summed E-state index contributed by atoms with van der Waals surface area (Å²) in [7, 11) is 0. The van der Waals surface area contributed by atoms with Gasteiger partial charge in [-0.2, -0.15) is 13.2 Å². The molecule has 1 aliphatic rings. The first-order chi connectivity index (χ1) is 21.8. The van der Waals surface area contributed by atoms with Gasteiger partial charge in [0, 0.05) is 57.4 Å². The molecule has 3 aromatic carbocycles. The molecule has 246 valence electrons. The number of urea groups is 1. The summed E-state index contributed by atoms with van der Waals surface area (Å²) >= 11 is 0. The Bertz CT molecular complexity index is 1390. The van der Waals surface area contributed by atoms with Crippen LogP contribution in [-0.4, -0.2) is 78.2 Å². The summed E-state index contributed by atoms with van der Waals surface area (Å²) in [6, 6.07) is 24.2. The maximum atomic E-state index is 13.6. The molecule has 10 heteroatoms. The van der Waals surface area contributed by atoms with E-state index in [0.717, 1.165) is 28.8 Å². The van der Waals surface area contributed by atoms with Crippen molar-refractivity contribution >= 4 is 17.8 Å². The van der Waals surface area contributed by atoms with Crippen LogP contribution in [0.25, 0.3) is 0 Å². The van der Waals surface area contributed by atoms with Crippen molar-refractivity contribution in [1.29, 1.82) is 0 Å². The van der Waals surface area contributed by atoms with Crippen molar-refractivity contribution in [1.82, 2.24) is 14.7 Å². The number of nitrogens with one attached hydrogen (secondary N) is 1. The van der Waals surface area contributed by atoms with Crippen molar-refractivity contribution in [2.75, 3.05) is 51.1 Å². The Morgan fingerprint density at radius 1 is 0.870 bits per heavy atom. The Morgan fingerprint density at radius 3 is 1.91 bits per heavy atom. The molecule has 1 N–H and O–H groups in total. The number of rotatable bonds is 10. The summed E-state index contributed by atoms with van der Waals surface area (Å²) in [5.41, 5.74) is 1.99. The minimum absolute atomic E-state index is 0.0259. The SMILES string of the molecule is C=C(CN1CCN(C(=O)OC(C)(C)C)CC1)CN(CCC(c1ccccc1)c1ccccc1)C(=O)Nc1ccc(C(F)(F)F)cc1. The molecule has 0 bridgehead atoms. The second-order valence-electron chi connectivity index (χ2n) is 12.6. The topological polar surface area (TPSA) is 65.1 Å². The van der Waals surface area contributed by atoms with Gasteiger partial charge >= 0.3 is 18.3 Å². The summed E-state index contributed by atoms with van der Waals surface area (Å²) in [5, 5.41) is 2.78. The van der Waals surface area contributed by atoms with Crippen LogP contribution >= 0.6 is 0 Å². The van der Waals surface area contributed by atoms with E-state index < -0.39 is 23.4 Å². The number of carbonyl (C=O) groups is 2. The van der Waals surface area contributed by atoms with Gasteiger partial charge < -0.3 is 19.9 Å². The second-order valence-corrected chi connectivity index (χ2v) is 12.6. The predicted molar refractivity (Wildman–Crippen MR) is 175 cm³/mol. The van der Waals surface area contributed by atoms with Crippen LogP contribution in [0.3, 0.4) is 0 Å². The van der Waals surface area contributed by atoms with Crippen molar-refractivity contribution in [3.63, 3.8) is 0 Å². The molecule has 46 heavy (non-hydrogen) atoms. The van der Waals surface area contributed by atoms with Crippen LogP contribution < -0.4 is 5.32 Å². The van der Waals surface area contributed by atoms with E-state index >= 15 is 0 Å². The standard InChI is InChI=1S/C36H43F3N4O3/c1-27(25-41-21-23-42(24-22-41)34(45)46-35(2,3)4)26-43(33(44)40-31-17-15-30(16-18-31)36(37,38)39)20-19-32(28-11-7-5-8-12-28)29-13-9-6-10-14-29/h5-18,32H,1,19-26H2,2-4H3,(H,40,44). The fourth-order valence-corrected chi connectivity index (χ4v) is 5.43. The maximum Gasteiger partial charge on any atom is 0.416 e. The third-order valence-electron chi connectivity index (χ3n) is 7.73. The Labute approximate surface area is 269 Å². The van der Waals surface area contributed by atoms with Crippen molar-refractivity contribution in [3.05, 3.63) is 114 Å². The molecule has 0 saturated carbocycles. The lowest BCUT2D eigenvalue weighted by atomic mass is 9.88. The van der Waals surface area contributed by atoms with E-state index in [0.29, 0.717) is 45.7 Å². The number of hydrogen-bond acceptors (Lipinski definition) is 4. The summed E-state index contributed by atoms with van der Waals surface area (Å²) in [6.07, 6.45) is -4.17. The highest BCUT2D eigenvalue weighted by Crippen LogP contribution is 2.31. The number of ether oxygens (including phenoxy) is 1. The van der Waals surface area contributed by atoms with E-state index in [1.807, 2.05) is 57.2 Å². The lowest BCUT2D eigenvalue weighted by Gasteiger charge is -2.36. The number of nitrogens with zero attached hydrogens (tertiary/aromatic N) is 3. The molecule has 3 aromatic rings. The van der Waals surface area contributed by atoms with Gasteiger partial charge in [-0.1, -0.05) is 67.2 Å². The van der Waals surface area contributed by atoms with Crippen molar-refractivity contribution in [2.45, 2.75) is 44.9 Å². The van der Waals surface area contributed by atoms with Gasteiger partial charge in [0.05, 0.1) is 5.56 Å². The van der Waals surface area contributed by atoms with Crippen molar-refractivity contribution < 1.29 is 27.5 Å². The second kappa shape index (κ2) is 15.3. The molecule has 3 amide bonds. The van der Waals surface area contributed by atoms with E-state index in [1.54, 1.807) is 9.80 Å². The summed E-state index contributed by atoms with van der Waals surface area (Å²) in [4.78, 5) is 31.6. The molecule has 0 spiro atoms. The lowest BCUT2D eigenvalue weighted by Crippen LogP contribution is -2.50. The van der Waals surface area contributed by atoms with Gasteiger partial charge in [-0.3, -0.25) is 4.90 Å². The molecule has 0 aromatic heterocycles. The molecule has 1 saturated heterocycles. The molecule has 0 aliphatic carbocycles. The van der Waals surface area contributed by atoms with E-state index in [1.165, 1.54) is 12.1 Å². The summed E-state index contributed by atoms with van der Waals surface area (Å²) < 4.78 is 44.8. The zero-order chi connectivity index (χ0) is 33.3. The Balaban J connectivity index is 1.45. The monoisotopic (exact) mass is 636 g/mol. The highest BCUT2D eigenvalue weighted by atomic mass is 19.4. The fraction of sp³-hybridized carbons (Fsp3) is 0.389. The van der Waals surface area contributed by atoms with Gasteiger partial charge in [-0.15, -0.1) is 0 Å². The van der Waals surface area contributed by atoms with Crippen LogP contribution in [0.4, 0.5) is 28.4 Å². The molecule has 7 nitrogen and oxygen atoms in total. The summed E-state index contributed by atoms with van der Waals surface area (Å²) in [6.45, 7) is 13.3. The van der Waals surface area contributed by atoms with Crippen LogP contribution in [0.15, 0.2) is 97.1 Å². The highest BCUT2D eigenvalue weighted by molar-refractivity contribution is 5.89.